The molecule has 1 fully saturated rings. The van der Waals surface area contributed by atoms with Crippen molar-refractivity contribution in [3.8, 4) is 0 Å². The van der Waals surface area contributed by atoms with Gasteiger partial charge in [-0.25, -0.2) is 8.42 Å². The molecule has 1 aliphatic heterocycles. The summed E-state index contributed by atoms with van der Waals surface area (Å²) in [5.74, 6) is 0. The first kappa shape index (κ1) is 17.0. The number of hydrogen-bond acceptors (Lipinski definition) is 3. The normalized spacial score (nSPS) is 20.6. The summed E-state index contributed by atoms with van der Waals surface area (Å²) in [6.07, 6.45) is 3.59. The zero-order valence-corrected chi connectivity index (χ0v) is 14.3. The van der Waals surface area contributed by atoms with E-state index in [0.717, 1.165) is 32.2 Å². The van der Waals surface area contributed by atoms with Crippen LogP contribution in [0.5, 0.6) is 0 Å². The van der Waals surface area contributed by atoms with Crippen LogP contribution in [0.25, 0.3) is 0 Å². The van der Waals surface area contributed by atoms with E-state index in [4.69, 9.17) is 23.2 Å². The predicted octanol–water partition coefficient (Wildman–Crippen LogP) is 3.15. The molecule has 1 atom stereocenters. The van der Waals surface area contributed by atoms with Gasteiger partial charge >= 0.3 is 0 Å². The van der Waals surface area contributed by atoms with Crippen LogP contribution >= 0.6 is 23.2 Å². The molecule has 0 saturated carbocycles. The first-order valence-electron chi connectivity index (χ1n) is 7.09. The average molecular weight is 351 g/mol. The van der Waals surface area contributed by atoms with Gasteiger partial charge in [0.25, 0.3) is 0 Å². The van der Waals surface area contributed by atoms with Gasteiger partial charge in [-0.3, -0.25) is 0 Å². The number of benzene rings is 1. The van der Waals surface area contributed by atoms with Crippen LogP contribution in [0.3, 0.4) is 0 Å². The molecule has 1 saturated heterocycles. The van der Waals surface area contributed by atoms with Crippen LogP contribution in [0.1, 0.15) is 25.7 Å². The molecule has 1 aromatic carbocycles. The number of rotatable bonds is 5. The highest BCUT2D eigenvalue weighted by atomic mass is 35.5. The Balaban J connectivity index is 2.36. The van der Waals surface area contributed by atoms with Crippen LogP contribution in [0, 0.1) is 0 Å². The lowest BCUT2D eigenvalue weighted by Gasteiger charge is -2.35. The van der Waals surface area contributed by atoms with E-state index in [0.29, 0.717) is 6.54 Å². The maximum absolute atomic E-state index is 12.9. The van der Waals surface area contributed by atoms with E-state index in [1.54, 1.807) is 22.5 Å². The van der Waals surface area contributed by atoms with Crippen molar-refractivity contribution >= 4 is 33.2 Å². The van der Waals surface area contributed by atoms with Gasteiger partial charge in [0, 0.05) is 12.6 Å². The van der Waals surface area contributed by atoms with E-state index in [2.05, 4.69) is 5.32 Å². The summed E-state index contributed by atoms with van der Waals surface area (Å²) in [5.41, 5.74) is 0. The van der Waals surface area contributed by atoms with Gasteiger partial charge < -0.3 is 5.32 Å². The lowest BCUT2D eigenvalue weighted by Crippen LogP contribution is -2.44. The smallest absolute Gasteiger partial charge is 0.246 e. The van der Waals surface area contributed by atoms with Gasteiger partial charge in [-0.05, 0) is 45.0 Å². The molecular formula is C14H20Cl2N2O2S. The van der Waals surface area contributed by atoms with Gasteiger partial charge in [0.15, 0.2) is 0 Å². The molecule has 1 heterocycles. The fourth-order valence-electron chi connectivity index (χ4n) is 2.74. The second kappa shape index (κ2) is 7.29. The molecule has 0 bridgehead atoms. The lowest BCUT2D eigenvalue weighted by molar-refractivity contribution is 0.240. The van der Waals surface area contributed by atoms with Crippen molar-refractivity contribution in [3.05, 3.63) is 28.2 Å². The number of halogens is 2. The molecule has 0 aliphatic carbocycles. The van der Waals surface area contributed by atoms with Crippen LogP contribution in [0.2, 0.25) is 10.0 Å². The van der Waals surface area contributed by atoms with Crippen molar-refractivity contribution in [3.63, 3.8) is 0 Å². The SMILES string of the molecule is CNCCC1CCCCN1S(=O)(=O)c1c(Cl)cccc1Cl. The van der Waals surface area contributed by atoms with Gasteiger partial charge in [0.05, 0.1) is 10.0 Å². The van der Waals surface area contributed by atoms with E-state index < -0.39 is 10.0 Å². The Hall–Kier alpha value is -0.330. The largest absolute Gasteiger partial charge is 0.320 e. The van der Waals surface area contributed by atoms with Gasteiger partial charge in [-0.15, -0.1) is 0 Å². The van der Waals surface area contributed by atoms with Crippen LogP contribution in [0.4, 0.5) is 0 Å². The topological polar surface area (TPSA) is 49.4 Å². The highest BCUT2D eigenvalue weighted by Gasteiger charge is 2.35. The zero-order chi connectivity index (χ0) is 15.5. The second-order valence-corrected chi connectivity index (χ2v) is 7.85. The number of piperidine rings is 1. The molecule has 0 aromatic heterocycles. The molecule has 1 unspecified atom stereocenters. The molecular weight excluding hydrogens is 331 g/mol. The molecule has 2 rings (SSSR count). The summed E-state index contributed by atoms with van der Waals surface area (Å²) >= 11 is 12.2. The highest BCUT2D eigenvalue weighted by Crippen LogP contribution is 2.34. The molecule has 0 spiro atoms. The Morgan fingerprint density at radius 3 is 2.57 bits per heavy atom. The van der Waals surface area contributed by atoms with Gasteiger partial charge in [-0.2, -0.15) is 4.31 Å². The van der Waals surface area contributed by atoms with E-state index >= 15 is 0 Å². The summed E-state index contributed by atoms with van der Waals surface area (Å²) in [5, 5.41) is 3.44. The monoisotopic (exact) mass is 350 g/mol. The van der Waals surface area contributed by atoms with E-state index in [1.165, 1.54) is 0 Å². The zero-order valence-electron chi connectivity index (χ0n) is 12.0. The van der Waals surface area contributed by atoms with Gasteiger partial charge in [0.1, 0.15) is 4.90 Å². The van der Waals surface area contributed by atoms with E-state index in [-0.39, 0.29) is 21.0 Å². The number of hydrogen-bond donors (Lipinski definition) is 1. The van der Waals surface area contributed by atoms with Crippen molar-refractivity contribution in [1.82, 2.24) is 9.62 Å². The molecule has 21 heavy (non-hydrogen) atoms. The van der Waals surface area contributed by atoms with Crippen LogP contribution in [-0.4, -0.2) is 38.9 Å². The first-order chi connectivity index (χ1) is 9.98. The maximum atomic E-state index is 12.9. The molecule has 0 amide bonds. The van der Waals surface area contributed by atoms with Crippen molar-refractivity contribution in [2.24, 2.45) is 0 Å². The lowest BCUT2D eigenvalue weighted by atomic mass is 10.0. The molecule has 0 radical (unpaired) electrons. The minimum absolute atomic E-state index is 0.00328. The summed E-state index contributed by atoms with van der Waals surface area (Å²) in [7, 11) is -1.79. The Bertz CT molecular complexity index is 572. The maximum Gasteiger partial charge on any atom is 0.246 e. The molecule has 1 aliphatic rings. The number of nitrogens with one attached hydrogen (secondary N) is 1. The fourth-order valence-corrected chi connectivity index (χ4v) is 5.55. The van der Waals surface area contributed by atoms with Crippen molar-refractivity contribution in [2.75, 3.05) is 20.1 Å². The van der Waals surface area contributed by atoms with Crippen LogP contribution < -0.4 is 5.32 Å². The predicted molar refractivity (Wildman–Crippen MR) is 86.5 cm³/mol. The summed E-state index contributed by atoms with van der Waals surface area (Å²) in [6, 6.07) is 4.78. The number of nitrogens with zero attached hydrogens (tertiary/aromatic N) is 1. The second-order valence-electron chi connectivity index (χ2n) is 5.21. The third-order valence-electron chi connectivity index (χ3n) is 3.79. The Morgan fingerprint density at radius 2 is 1.95 bits per heavy atom. The van der Waals surface area contributed by atoms with Gasteiger partial charge in [0.2, 0.25) is 10.0 Å². The van der Waals surface area contributed by atoms with Gasteiger partial charge in [-0.1, -0.05) is 35.7 Å². The minimum Gasteiger partial charge on any atom is -0.320 e. The standard InChI is InChI=1S/C14H20Cl2N2O2S/c1-17-9-8-11-5-2-3-10-18(11)21(19,20)14-12(15)6-4-7-13(14)16/h4,6-7,11,17H,2-3,5,8-10H2,1H3. The van der Waals surface area contributed by atoms with E-state index in [9.17, 15) is 8.42 Å². The molecule has 7 heteroatoms. The molecule has 1 N–H and O–H groups in total. The van der Waals surface area contributed by atoms with Crippen molar-refractivity contribution < 1.29 is 8.42 Å². The Kier molecular flexibility index (Phi) is 5.91. The quantitative estimate of drug-likeness (QED) is 0.887. The van der Waals surface area contributed by atoms with Crippen LogP contribution in [-0.2, 0) is 10.0 Å². The fraction of sp³-hybridized carbons (Fsp3) is 0.571. The summed E-state index contributed by atoms with van der Waals surface area (Å²) < 4.78 is 27.4. The number of sulfonamides is 1. The van der Waals surface area contributed by atoms with E-state index in [1.807, 2.05) is 7.05 Å². The van der Waals surface area contributed by atoms with Crippen molar-refractivity contribution in [1.29, 1.82) is 0 Å². The third kappa shape index (κ3) is 3.71. The first-order valence-corrected chi connectivity index (χ1v) is 9.28. The molecule has 4 nitrogen and oxygen atoms in total. The Labute approximate surface area is 136 Å². The molecule has 118 valence electrons. The minimum atomic E-state index is -3.66. The average Bonchev–Trinajstić information content (AvgIpc) is 2.45. The summed E-state index contributed by atoms with van der Waals surface area (Å²) in [6.45, 7) is 1.31. The highest BCUT2D eigenvalue weighted by molar-refractivity contribution is 7.89. The van der Waals surface area contributed by atoms with Crippen molar-refractivity contribution in [2.45, 2.75) is 36.6 Å². The Morgan fingerprint density at radius 1 is 1.29 bits per heavy atom. The molecule has 1 aromatic rings. The third-order valence-corrected chi connectivity index (χ3v) is 6.69. The van der Waals surface area contributed by atoms with Crippen LogP contribution in [0.15, 0.2) is 23.1 Å². The summed E-state index contributed by atoms with van der Waals surface area (Å²) in [4.78, 5) is 0.0321.